The van der Waals surface area contributed by atoms with E-state index >= 15 is 0 Å². The molecule has 204 valence electrons. The zero-order chi connectivity index (χ0) is 27.5. The van der Waals surface area contributed by atoms with E-state index in [2.05, 4.69) is 10.6 Å². The molecule has 1 aromatic rings. The number of nitrogens with two attached hydrogens (primary N) is 1. The second kappa shape index (κ2) is 14.5. The highest BCUT2D eigenvalue weighted by Crippen LogP contribution is 2.55. The number of carboxylic acid groups (broad SMARTS) is 1. The molecule has 0 aliphatic carbocycles. The Morgan fingerprint density at radius 3 is 2.19 bits per heavy atom. The van der Waals surface area contributed by atoms with Gasteiger partial charge in [0.25, 0.3) is 0 Å². The Labute approximate surface area is 215 Å². The lowest BCUT2D eigenvalue weighted by molar-refractivity contribution is -0.151. The van der Waals surface area contributed by atoms with Gasteiger partial charge in [-0.3, -0.25) is 9.36 Å². The normalized spacial score (nSPS) is 16.6. The molecule has 9 nitrogen and oxygen atoms in total. The van der Waals surface area contributed by atoms with Gasteiger partial charge in [0.05, 0.1) is 0 Å². The number of hydrogen-bond donors (Lipinski definition) is 4. The molecule has 0 fully saturated rings. The van der Waals surface area contributed by atoms with Gasteiger partial charge in [0, 0.05) is 31.7 Å². The molecule has 0 aromatic heterocycles. The van der Waals surface area contributed by atoms with Crippen LogP contribution in [0.1, 0.15) is 65.9 Å². The quantitative estimate of drug-likeness (QED) is 0.185. The van der Waals surface area contributed by atoms with Crippen LogP contribution in [0.2, 0.25) is 0 Å². The fraction of sp³-hybridized carbons (Fsp3) is 0.654. The van der Waals surface area contributed by atoms with Crippen LogP contribution < -0.4 is 16.4 Å². The number of carboxylic acids is 1. The van der Waals surface area contributed by atoms with Crippen LogP contribution in [0.5, 0.6) is 0 Å². The zero-order valence-corrected chi connectivity index (χ0v) is 23.3. The van der Waals surface area contributed by atoms with Gasteiger partial charge in [-0.15, -0.1) is 0 Å². The van der Waals surface area contributed by atoms with Gasteiger partial charge in [0.1, 0.15) is 5.78 Å². The standard InChI is InChI=1S/C26H44N3O6P/c1-7-12-23(29-25(33)28-19(4)5)36(34,35-6)17-21(18(2)3)26(27,24(31)32)22(30)16-11-15-20-13-9-8-10-14-20/h8-10,13-14,18-19,21,23H,7,11-12,15-17,27H2,1-6H3,(H,31,32)(H2,28,29,33)/t21?,23?,26-,36?/m1/s1. The minimum Gasteiger partial charge on any atom is -0.480 e. The number of carbonyl (C=O) groups excluding carboxylic acids is 2. The van der Waals surface area contributed by atoms with Gasteiger partial charge in [-0.05, 0) is 44.6 Å². The Morgan fingerprint density at radius 2 is 1.72 bits per heavy atom. The average molecular weight is 526 g/mol. The van der Waals surface area contributed by atoms with Gasteiger partial charge in [-0.1, -0.05) is 57.5 Å². The van der Waals surface area contributed by atoms with Crippen LogP contribution in [0, 0.1) is 11.8 Å². The first kappa shape index (κ1) is 31.8. The molecule has 0 bridgehead atoms. The van der Waals surface area contributed by atoms with E-state index in [1.54, 1.807) is 27.7 Å². The maximum absolute atomic E-state index is 14.1. The van der Waals surface area contributed by atoms with Crippen LogP contribution in [0.4, 0.5) is 4.79 Å². The number of carbonyl (C=O) groups is 3. The van der Waals surface area contributed by atoms with Crippen molar-refractivity contribution in [2.75, 3.05) is 13.3 Å². The predicted octanol–water partition coefficient (Wildman–Crippen LogP) is 4.39. The summed E-state index contributed by atoms with van der Waals surface area (Å²) in [4.78, 5) is 38.1. The van der Waals surface area contributed by atoms with E-state index in [0.717, 1.165) is 5.56 Å². The Balaban J connectivity index is 3.21. The zero-order valence-electron chi connectivity index (χ0n) is 22.5. The number of aryl methyl sites for hydroxylation is 1. The van der Waals surface area contributed by atoms with Crippen LogP contribution in [0.3, 0.4) is 0 Å². The fourth-order valence-corrected chi connectivity index (χ4v) is 7.25. The number of hydrogen-bond acceptors (Lipinski definition) is 6. The van der Waals surface area contributed by atoms with Crippen molar-refractivity contribution in [3.8, 4) is 0 Å². The first-order valence-electron chi connectivity index (χ1n) is 12.6. The number of ketones is 1. The largest absolute Gasteiger partial charge is 0.480 e. The van der Waals surface area contributed by atoms with Crippen molar-refractivity contribution >= 4 is 25.2 Å². The predicted molar refractivity (Wildman–Crippen MR) is 142 cm³/mol. The van der Waals surface area contributed by atoms with Crippen LogP contribution in [0.25, 0.3) is 0 Å². The van der Waals surface area contributed by atoms with Gasteiger partial charge >= 0.3 is 12.0 Å². The summed E-state index contributed by atoms with van der Waals surface area (Å²) in [6.07, 6.45) is 1.75. The molecule has 0 aliphatic rings. The van der Waals surface area contributed by atoms with Gasteiger partial charge < -0.3 is 26.0 Å². The molecule has 0 radical (unpaired) electrons. The van der Waals surface area contributed by atoms with Crippen molar-refractivity contribution in [3.63, 3.8) is 0 Å². The molecule has 0 spiro atoms. The molecular weight excluding hydrogens is 481 g/mol. The first-order valence-corrected chi connectivity index (χ1v) is 14.5. The van der Waals surface area contributed by atoms with Crippen LogP contribution in [0.15, 0.2) is 30.3 Å². The second-order valence-electron chi connectivity index (χ2n) is 9.96. The van der Waals surface area contributed by atoms with Crippen molar-refractivity contribution in [2.24, 2.45) is 17.6 Å². The number of Topliss-reactive ketones (excluding diaryl/α,β-unsaturated/α-hetero) is 1. The Kier molecular flexibility index (Phi) is 12.8. The van der Waals surface area contributed by atoms with E-state index in [1.807, 2.05) is 37.3 Å². The molecule has 1 rings (SSSR count). The van der Waals surface area contributed by atoms with Gasteiger partial charge in [-0.2, -0.15) is 0 Å². The van der Waals surface area contributed by atoms with E-state index in [4.69, 9.17) is 10.3 Å². The third kappa shape index (κ3) is 8.71. The maximum Gasteiger partial charge on any atom is 0.331 e. The van der Waals surface area contributed by atoms with Crippen molar-refractivity contribution in [2.45, 2.75) is 84.1 Å². The SMILES string of the molecule is CCCC(NC(=O)NC(C)C)P(=O)(CC(C(C)C)[C@](N)(C(=O)O)C(=O)CCCc1ccccc1)OC. The topological polar surface area (TPSA) is 148 Å². The number of amides is 2. The molecule has 0 heterocycles. The summed E-state index contributed by atoms with van der Waals surface area (Å²) < 4.78 is 19.6. The molecule has 0 saturated carbocycles. The highest BCUT2D eigenvalue weighted by atomic mass is 31.2. The summed E-state index contributed by atoms with van der Waals surface area (Å²) in [5.41, 5.74) is 5.19. The fourth-order valence-electron chi connectivity index (χ4n) is 4.37. The first-order chi connectivity index (χ1) is 16.8. The van der Waals surface area contributed by atoms with E-state index in [0.29, 0.717) is 25.7 Å². The average Bonchev–Trinajstić information content (AvgIpc) is 2.81. The molecule has 4 atom stereocenters. The van der Waals surface area contributed by atoms with Gasteiger partial charge in [0.15, 0.2) is 11.3 Å². The summed E-state index contributed by atoms with van der Waals surface area (Å²) in [6.45, 7) is 8.99. The molecule has 3 unspecified atom stereocenters. The Morgan fingerprint density at radius 1 is 1.11 bits per heavy atom. The molecule has 1 aromatic carbocycles. The number of rotatable bonds is 16. The molecule has 2 amide bonds. The van der Waals surface area contributed by atoms with E-state index < -0.39 is 42.4 Å². The lowest BCUT2D eigenvalue weighted by Crippen LogP contribution is -2.62. The minimum absolute atomic E-state index is 0.0222. The Hall–Kier alpha value is -2.22. The van der Waals surface area contributed by atoms with Crippen molar-refractivity contribution < 1.29 is 28.6 Å². The molecule has 5 N–H and O–H groups in total. The van der Waals surface area contributed by atoms with Crippen LogP contribution >= 0.6 is 7.37 Å². The van der Waals surface area contributed by atoms with E-state index in [-0.39, 0.29) is 24.5 Å². The third-order valence-corrected chi connectivity index (χ3v) is 9.29. The summed E-state index contributed by atoms with van der Waals surface area (Å²) >= 11 is 0. The van der Waals surface area contributed by atoms with Crippen molar-refractivity contribution in [3.05, 3.63) is 35.9 Å². The van der Waals surface area contributed by atoms with Crippen LogP contribution in [-0.4, -0.2) is 53.5 Å². The number of aliphatic carboxylic acids is 1. The lowest BCUT2D eigenvalue weighted by atomic mass is 9.74. The third-order valence-electron chi connectivity index (χ3n) is 6.43. The van der Waals surface area contributed by atoms with E-state index in [9.17, 15) is 24.1 Å². The second-order valence-corrected chi connectivity index (χ2v) is 12.8. The van der Waals surface area contributed by atoms with Crippen molar-refractivity contribution in [1.82, 2.24) is 10.6 Å². The monoisotopic (exact) mass is 525 g/mol. The summed E-state index contributed by atoms with van der Waals surface area (Å²) in [7, 11) is -2.37. The molecular formula is C26H44N3O6P. The molecule has 10 heteroatoms. The Bertz CT molecular complexity index is 908. The minimum atomic E-state index is -3.65. The van der Waals surface area contributed by atoms with Gasteiger partial charge in [0.2, 0.25) is 7.37 Å². The molecule has 0 aliphatic heterocycles. The highest BCUT2D eigenvalue weighted by Gasteiger charge is 2.53. The smallest absolute Gasteiger partial charge is 0.331 e. The molecule has 36 heavy (non-hydrogen) atoms. The summed E-state index contributed by atoms with van der Waals surface area (Å²) in [5, 5.41) is 15.6. The summed E-state index contributed by atoms with van der Waals surface area (Å²) in [5.74, 6) is -4.27. The number of nitrogens with one attached hydrogen (secondary N) is 2. The van der Waals surface area contributed by atoms with Crippen LogP contribution in [-0.2, 0) is 25.1 Å². The van der Waals surface area contributed by atoms with Crippen molar-refractivity contribution in [1.29, 1.82) is 0 Å². The van der Waals surface area contributed by atoms with E-state index in [1.165, 1.54) is 7.11 Å². The molecule has 0 saturated heterocycles. The maximum atomic E-state index is 14.1. The lowest BCUT2D eigenvalue weighted by Gasteiger charge is -2.38. The summed E-state index contributed by atoms with van der Waals surface area (Å²) in [6, 6.07) is 8.98. The highest BCUT2D eigenvalue weighted by molar-refractivity contribution is 7.59. The van der Waals surface area contributed by atoms with Gasteiger partial charge in [-0.25, -0.2) is 9.59 Å². The number of urea groups is 1. The number of benzene rings is 1.